The Morgan fingerprint density at radius 3 is 2.38 bits per heavy atom. The van der Waals surface area contributed by atoms with Gasteiger partial charge in [0.15, 0.2) is 0 Å². The molecule has 2 fully saturated rings. The molecule has 1 aromatic rings. The molecule has 0 radical (unpaired) electrons. The first kappa shape index (κ1) is 18.6. The fraction of sp³-hybridized carbons (Fsp3) is 0.526. The van der Waals surface area contributed by atoms with Crippen molar-refractivity contribution in [1.29, 1.82) is 5.26 Å². The molecule has 2 aliphatic heterocycles. The van der Waals surface area contributed by atoms with Crippen LogP contribution in [0, 0.1) is 28.8 Å². The summed E-state index contributed by atoms with van der Waals surface area (Å²) in [6.07, 6.45) is 5.40. The molecule has 2 aliphatic rings. The van der Waals surface area contributed by atoms with E-state index in [1.807, 2.05) is 0 Å². The molecule has 1 unspecified atom stereocenters. The number of hydrogen-bond donors (Lipinski definition) is 1. The lowest BCUT2D eigenvalue weighted by molar-refractivity contribution is -0.134. The summed E-state index contributed by atoms with van der Waals surface area (Å²) in [4.78, 5) is 23.1. The van der Waals surface area contributed by atoms with E-state index in [9.17, 15) is 18.4 Å². The molecule has 1 atom stereocenters. The number of aryl methyl sites for hydroxylation is 1. The highest BCUT2D eigenvalue weighted by Crippen LogP contribution is 2.32. The average molecular weight is 358 g/mol. The normalized spacial score (nSPS) is 21.4. The molecule has 3 rings (SSSR count). The molecule has 0 saturated carbocycles. The third-order valence-corrected chi connectivity index (χ3v) is 5.60. The van der Waals surface area contributed by atoms with Crippen molar-refractivity contribution in [1.82, 2.24) is 5.32 Å². The van der Waals surface area contributed by atoms with Crippen LogP contribution < -0.4 is 5.32 Å². The minimum absolute atomic E-state index is 0.0857. The number of nitrogens with one attached hydrogen (secondary N) is 1. The largest absolute Gasteiger partial charge is 0.296 e. The molecule has 0 spiro atoms. The Balaban J connectivity index is 1.65. The first-order valence-electron chi connectivity index (χ1n) is 9.19. The standard InChI is InChI=1S/C19H21BF2N2O2/c21-15-9-13(2-1-12-5-7-20(11-23)8-6-12)10-16(22)18(15)14-3-4-17(25)24-19(14)26/h9-10,12,14H,1-8H2,(H,24,25,26). The second kappa shape index (κ2) is 7.98. The molecule has 1 aromatic carbocycles. The van der Waals surface area contributed by atoms with Gasteiger partial charge in [0, 0.05) is 18.0 Å². The molecule has 0 aliphatic carbocycles. The number of nitrogens with zero attached hydrogens (tertiary/aromatic N) is 1. The number of nitriles is 1. The van der Waals surface area contributed by atoms with Crippen LogP contribution in [0.5, 0.6) is 0 Å². The van der Waals surface area contributed by atoms with Crippen molar-refractivity contribution in [3.8, 4) is 5.97 Å². The summed E-state index contributed by atoms with van der Waals surface area (Å²) >= 11 is 0. The second-order valence-electron chi connectivity index (χ2n) is 7.36. The van der Waals surface area contributed by atoms with Gasteiger partial charge >= 0.3 is 0 Å². The van der Waals surface area contributed by atoms with Crippen molar-refractivity contribution in [3.05, 3.63) is 34.9 Å². The molecule has 0 bridgehead atoms. The minimum Gasteiger partial charge on any atom is -0.296 e. The van der Waals surface area contributed by atoms with Gasteiger partial charge in [0.25, 0.3) is 6.71 Å². The second-order valence-corrected chi connectivity index (χ2v) is 7.36. The smallest absolute Gasteiger partial charge is 0.267 e. The van der Waals surface area contributed by atoms with Crippen LogP contribution >= 0.6 is 0 Å². The first-order chi connectivity index (χ1) is 12.5. The monoisotopic (exact) mass is 358 g/mol. The van der Waals surface area contributed by atoms with Gasteiger partial charge in [-0.05, 0) is 42.9 Å². The van der Waals surface area contributed by atoms with Crippen LogP contribution in [0.2, 0.25) is 12.6 Å². The number of halogens is 2. The van der Waals surface area contributed by atoms with E-state index in [0.29, 0.717) is 17.9 Å². The van der Waals surface area contributed by atoms with Gasteiger partial charge in [0.2, 0.25) is 11.8 Å². The van der Waals surface area contributed by atoms with E-state index in [1.165, 1.54) is 12.1 Å². The van der Waals surface area contributed by atoms with E-state index >= 15 is 0 Å². The van der Waals surface area contributed by atoms with E-state index in [-0.39, 0.29) is 25.1 Å². The maximum absolute atomic E-state index is 14.5. The quantitative estimate of drug-likeness (QED) is 0.663. The summed E-state index contributed by atoms with van der Waals surface area (Å²) in [5.41, 5.74) is 0.340. The number of rotatable bonds is 4. The van der Waals surface area contributed by atoms with Gasteiger partial charge in [0.05, 0.1) is 5.92 Å². The highest BCUT2D eigenvalue weighted by molar-refractivity contribution is 6.67. The van der Waals surface area contributed by atoms with Crippen LogP contribution in [0.1, 0.15) is 49.1 Å². The molecule has 1 N–H and O–H groups in total. The molecular formula is C19H21BF2N2O2. The summed E-state index contributed by atoms with van der Waals surface area (Å²) in [5.74, 6) is -0.650. The van der Waals surface area contributed by atoms with Crippen molar-refractivity contribution in [3.63, 3.8) is 0 Å². The number of benzene rings is 1. The lowest BCUT2D eigenvalue weighted by Gasteiger charge is -2.24. The highest BCUT2D eigenvalue weighted by atomic mass is 19.1. The topological polar surface area (TPSA) is 70.0 Å². The molecule has 2 amide bonds. The predicted octanol–water partition coefficient (Wildman–Crippen LogP) is 3.39. The highest BCUT2D eigenvalue weighted by Gasteiger charge is 2.32. The molecule has 26 heavy (non-hydrogen) atoms. The number of imide groups is 1. The Labute approximate surface area is 152 Å². The number of carbonyl (C=O) groups excluding carboxylic acids is 2. The minimum atomic E-state index is -0.956. The first-order valence-corrected chi connectivity index (χ1v) is 9.19. The van der Waals surface area contributed by atoms with Gasteiger partial charge < -0.3 is 0 Å². The van der Waals surface area contributed by atoms with E-state index in [4.69, 9.17) is 5.26 Å². The Hall–Kier alpha value is -2.23. The van der Waals surface area contributed by atoms with Gasteiger partial charge in [-0.1, -0.05) is 25.5 Å². The van der Waals surface area contributed by atoms with Crippen molar-refractivity contribution in [2.45, 2.75) is 57.1 Å². The maximum Gasteiger partial charge on any atom is 0.267 e. The molecule has 2 saturated heterocycles. The number of carbonyl (C=O) groups is 2. The van der Waals surface area contributed by atoms with Crippen LogP contribution in [0.4, 0.5) is 8.78 Å². The lowest BCUT2D eigenvalue weighted by Crippen LogP contribution is -2.40. The molecule has 0 aromatic heterocycles. The van der Waals surface area contributed by atoms with Gasteiger partial charge in [-0.3, -0.25) is 14.9 Å². The fourth-order valence-electron chi connectivity index (χ4n) is 4.03. The summed E-state index contributed by atoms with van der Waals surface area (Å²) in [5, 5.41) is 11.1. The molecule has 7 heteroatoms. The Morgan fingerprint density at radius 2 is 1.81 bits per heavy atom. The lowest BCUT2D eigenvalue weighted by atomic mass is 9.41. The molecule has 2 heterocycles. The maximum atomic E-state index is 14.5. The van der Waals surface area contributed by atoms with E-state index in [1.54, 1.807) is 0 Å². The van der Waals surface area contributed by atoms with E-state index in [2.05, 4.69) is 11.3 Å². The predicted molar refractivity (Wildman–Crippen MR) is 93.5 cm³/mol. The van der Waals surface area contributed by atoms with Crippen molar-refractivity contribution >= 4 is 18.5 Å². The summed E-state index contributed by atoms with van der Waals surface area (Å²) in [6.45, 7) is 0.147. The van der Waals surface area contributed by atoms with E-state index in [0.717, 1.165) is 31.9 Å². The number of amides is 2. The van der Waals surface area contributed by atoms with Gasteiger partial charge in [0.1, 0.15) is 11.6 Å². The van der Waals surface area contributed by atoms with Gasteiger partial charge in [-0.2, -0.15) is 0 Å². The Bertz CT molecular complexity index is 731. The van der Waals surface area contributed by atoms with Crippen LogP contribution in [0.15, 0.2) is 12.1 Å². The van der Waals surface area contributed by atoms with Crippen LogP contribution in [-0.2, 0) is 16.0 Å². The van der Waals surface area contributed by atoms with Crippen molar-refractivity contribution < 1.29 is 18.4 Å². The van der Waals surface area contributed by atoms with Crippen LogP contribution in [-0.4, -0.2) is 18.5 Å². The SMILES string of the molecule is N#CB1CCC(CCc2cc(F)c(C3CCC(=O)NC3=O)c(F)c2)CC1. The zero-order valence-electron chi connectivity index (χ0n) is 14.6. The summed E-state index contributed by atoms with van der Waals surface area (Å²) < 4.78 is 29.0. The molecular weight excluding hydrogens is 337 g/mol. The third kappa shape index (κ3) is 4.12. The zero-order valence-corrected chi connectivity index (χ0v) is 14.6. The van der Waals surface area contributed by atoms with Crippen LogP contribution in [0.25, 0.3) is 0 Å². The van der Waals surface area contributed by atoms with Crippen molar-refractivity contribution in [2.24, 2.45) is 5.92 Å². The summed E-state index contributed by atoms with van der Waals surface area (Å²) in [7, 11) is 0. The van der Waals surface area contributed by atoms with Crippen molar-refractivity contribution in [2.75, 3.05) is 0 Å². The molecule has 136 valence electrons. The number of piperidine rings is 1. The third-order valence-electron chi connectivity index (χ3n) is 5.60. The zero-order chi connectivity index (χ0) is 18.7. The van der Waals surface area contributed by atoms with E-state index < -0.39 is 29.4 Å². The number of hydrogen-bond acceptors (Lipinski definition) is 3. The Morgan fingerprint density at radius 1 is 1.15 bits per heavy atom. The summed E-state index contributed by atoms with van der Waals surface area (Å²) in [6, 6.07) is 2.62. The average Bonchev–Trinajstić information content (AvgIpc) is 2.61. The fourth-order valence-corrected chi connectivity index (χ4v) is 4.03. The molecule has 4 nitrogen and oxygen atoms in total. The van der Waals surface area contributed by atoms with Crippen LogP contribution in [0.3, 0.4) is 0 Å². The van der Waals surface area contributed by atoms with Gasteiger partial charge in [-0.15, -0.1) is 0 Å². The Kier molecular flexibility index (Phi) is 5.70. The van der Waals surface area contributed by atoms with Gasteiger partial charge in [-0.25, -0.2) is 14.0 Å².